The van der Waals surface area contributed by atoms with Gasteiger partial charge in [0, 0.05) is 19.0 Å². The smallest absolute Gasteiger partial charge is 0.0214 e. The highest BCUT2D eigenvalue weighted by Crippen LogP contribution is 2.25. The minimum absolute atomic E-state index is 0.795. The predicted molar refractivity (Wildman–Crippen MR) is 48.3 cm³/mol. The van der Waals surface area contributed by atoms with E-state index in [4.69, 9.17) is 0 Å². The van der Waals surface area contributed by atoms with Gasteiger partial charge in [0.05, 0.1) is 0 Å². The Labute approximate surface area is 69.6 Å². The monoisotopic (exact) mass is 151 g/mol. The van der Waals surface area contributed by atoms with E-state index in [0.29, 0.717) is 0 Å². The fraction of sp³-hybridized carbons (Fsp3) is 0.800. The summed E-state index contributed by atoms with van der Waals surface area (Å²) >= 11 is 0. The summed E-state index contributed by atoms with van der Waals surface area (Å²) < 4.78 is 0. The van der Waals surface area contributed by atoms with Crippen molar-refractivity contribution in [3.8, 4) is 11.8 Å². The summed E-state index contributed by atoms with van der Waals surface area (Å²) in [6.07, 6.45) is 3.72. The van der Waals surface area contributed by atoms with E-state index >= 15 is 0 Å². The standard InChI is InChI=1S/C10H17N/c1-3-4-5-6-11-10-7-9(2)8-10/h9-11H,5-8H2,1-2H3. The largest absolute Gasteiger partial charge is 0.313 e. The van der Waals surface area contributed by atoms with Crippen molar-refractivity contribution in [2.45, 2.75) is 39.2 Å². The molecule has 0 aliphatic heterocycles. The lowest BCUT2D eigenvalue weighted by atomic mass is 9.82. The lowest BCUT2D eigenvalue weighted by molar-refractivity contribution is 0.244. The summed E-state index contributed by atoms with van der Waals surface area (Å²) in [4.78, 5) is 0. The Hall–Kier alpha value is -0.480. The molecule has 0 unspecified atom stereocenters. The van der Waals surface area contributed by atoms with Crippen LogP contribution >= 0.6 is 0 Å². The fourth-order valence-electron chi connectivity index (χ4n) is 1.53. The van der Waals surface area contributed by atoms with Gasteiger partial charge in [-0.25, -0.2) is 0 Å². The van der Waals surface area contributed by atoms with Crippen molar-refractivity contribution in [1.29, 1.82) is 0 Å². The third kappa shape index (κ3) is 2.95. The van der Waals surface area contributed by atoms with Crippen LogP contribution in [0.15, 0.2) is 0 Å². The lowest BCUT2D eigenvalue weighted by Gasteiger charge is -2.33. The van der Waals surface area contributed by atoms with Gasteiger partial charge in [0.15, 0.2) is 0 Å². The Balaban J connectivity index is 1.91. The zero-order valence-corrected chi connectivity index (χ0v) is 7.48. The summed E-state index contributed by atoms with van der Waals surface area (Å²) in [7, 11) is 0. The zero-order chi connectivity index (χ0) is 8.10. The Morgan fingerprint density at radius 3 is 2.73 bits per heavy atom. The Bertz CT molecular complexity index is 157. The molecule has 0 heterocycles. The van der Waals surface area contributed by atoms with Crippen molar-refractivity contribution in [2.75, 3.05) is 6.54 Å². The molecule has 1 heteroatoms. The molecule has 1 aliphatic carbocycles. The van der Waals surface area contributed by atoms with Gasteiger partial charge < -0.3 is 5.32 Å². The van der Waals surface area contributed by atoms with E-state index in [9.17, 15) is 0 Å². The highest BCUT2D eigenvalue weighted by molar-refractivity contribution is 4.95. The van der Waals surface area contributed by atoms with Gasteiger partial charge in [0.1, 0.15) is 0 Å². The first kappa shape index (κ1) is 8.62. The van der Waals surface area contributed by atoms with Gasteiger partial charge >= 0.3 is 0 Å². The maximum Gasteiger partial charge on any atom is 0.0214 e. The molecule has 0 bridgehead atoms. The fourth-order valence-corrected chi connectivity index (χ4v) is 1.53. The van der Waals surface area contributed by atoms with E-state index in [0.717, 1.165) is 24.9 Å². The second kappa shape index (κ2) is 4.41. The van der Waals surface area contributed by atoms with E-state index in [1.807, 2.05) is 6.92 Å². The van der Waals surface area contributed by atoms with Crippen LogP contribution < -0.4 is 5.32 Å². The van der Waals surface area contributed by atoms with Gasteiger partial charge in [-0.05, 0) is 25.7 Å². The Morgan fingerprint density at radius 2 is 2.18 bits per heavy atom. The summed E-state index contributed by atoms with van der Waals surface area (Å²) in [5.41, 5.74) is 0. The van der Waals surface area contributed by atoms with Crippen molar-refractivity contribution < 1.29 is 0 Å². The highest BCUT2D eigenvalue weighted by atomic mass is 14.9. The number of rotatable bonds is 3. The first-order chi connectivity index (χ1) is 5.33. The SMILES string of the molecule is CC#CCCNC1CC(C)C1. The van der Waals surface area contributed by atoms with Crippen molar-refractivity contribution in [2.24, 2.45) is 5.92 Å². The molecule has 0 aromatic carbocycles. The quantitative estimate of drug-likeness (QED) is 0.479. The van der Waals surface area contributed by atoms with Crippen LogP contribution in [0.4, 0.5) is 0 Å². The third-order valence-corrected chi connectivity index (χ3v) is 2.23. The van der Waals surface area contributed by atoms with Gasteiger partial charge in [-0.2, -0.15) is 0 Å². The molecule has 1 rings (SSSR count). The highest BCUT2D eigenvalue weighted by Gasteiger charge is 2.23. The van der Waals surface area contributed by atoms with Crippen LogP contribution in [0.5, 0.6) is 0 Å². The number of nitrogens with one attached hydrogen (secondary N) is 1. The molecule has 1 nitrogen and oxygen atoms in total. The van der Waals surface area contributed by atoms with Crippen LogP contribution in [0.2, 0.25) is 0 Å². The van der Waals surface area contributed by atoms with E-state index < -0.39 is 0 Å². The van der Waals surface area contributed by atoms with Crippen LogP contribution in [0.25, 0.3) is 0 Å². The van der Waals surface area contributed by atoms with Crippen LogP contribution in [0.3, 0.4) is 0 Å². The Morgan fingerprint density at radius 1 is 1.45 bits per heavy atom. The van der Waals surface area contributed by atoms with Crippen molar-refractivity contribution in [1.82, 2.24) is 5.32 Å². The maximum absolute atomic E-state index is 3.48. The van der Waals surface area contributed by atoms with Gasteiger partial charge in [-0.1, -0.05) is 6.92 Å². The van der Waals surface area contributed by atoms with E-state index in [1.165, 1.54) is 12.8 Å². The molecule has 1 N–H and O–H groups in total. The minimum Gasteiger partial charge on any atom is -0.313 e. The molecule has 1 saturated carbocycles. The molecule has 0 aromatic rings. The summed E-state index contributed by atoms with van der Waals surface area (Å²) in [5, 5.41) is 3.48. The molecule has 0 amide bonds. The van der Waals surface area contributed by atoms with Crippen LogP contribution in [-0.2, 0) is 0 Å². The molecule has 0 radical (unpaired) electrons. The second-order valence-electron chi connectivity index (χ2n) is 3.40. The molecular formula is C10H17N. The molecule has 1 fully saturated rings. The van der Waals surface area contributed by atoms with Crippen LogP contribution in [-0.4, -0.2) is 12.6 Å². The van der Waals surface area contributed by atoms with E-state index in [2.05, 4.69) is 24.1 Å². The predicted octanol–water partition coefficient (Wildman–Crippen LogP) is 1.79. The molecule has 11 heavy (non-hydrogen) atoms. The van der Waals surface area contributed by atoms with Gasteiger partial charge in [0.2, 0.25) is 0 Å². The van der Waals surface area contributed by atoms with Crippen molar-refractivity contribution in [3.63, 3.8) is 0 Å². The van der Waals surface area contributed by atoms with Gasteiger partial charge in [-0.15, -0.1) is 11.8 Å². The second-order valence-corrected chi connectivity index (χ2v) is 3.40. The molecule has 1 aliphatic rings. The number of hydrogen-bond donors (Lipinski definition) is 1. The summed E-state index contributed by atoms with van der Waals surface area (Å²) in [6.45, 7) is 5.27. The minimum atomic E-state index is 0.795. The summed E-state index contributed by atoms with van der Waals surface area (Å²) in [6, 6.07) is 0.795. The molecule has 0 aromatic heterocycles. The molecule has 62 valence electrons. The van der Waals surface area contributed by atoms with Gasteiger partial charge in [-0.3, -0.25) is 0 Å². The lowest BCUT2D eigenvalue weighted by Crippen LogP contribution is -2.40. The zero-order valence-electron chi connectivity index (χ0n) is 7.48. The maximum atomic E-state index is 3.48. The topological polar surface area (TPSA) is 12.0 Å². The van der Waals surface area contributed by atoms with Gasteiger partial charge in [0.25, 0.3) is 0 Å². The van der Waals surface area contributed by atoms with Crippen molar-refractivity contribution >= 4 is 0 Å². The average Bonchev–Trinajstić information content (AvgIpc) is 1.94. The van der Waals surface area contributed by atoms with Crippen LogP contribution in [0.1, 0.15) is 33.1 Å². The molecular weight excluding hydrogens is 134 g/mol. The first-order valence-electron chi connectivity index (χ1n) is 4.46. The Kier molecular flexibility index (Phi) is 3.45. The molecule has 0 saturated heterocycles. The molecule has 0 atom stereocenters. The average molecular weight is 151 g/mol. The van der Waals surface area contributed by atoms with Crippen LogP contribution in [0, 0.1) is 17.8 Å². The normalized spacial score (nSPS) is 28.5. The third-order valence-electron chi connectivity index (χ3n) is 2.23. The number of hydrogen-bond acceptors (Lipinski definition) is 1. The van der Waals surface area contributed by atoms with Crippen molar-refractivity contribution in [3.05, 3.63) is 0 Å². The van der Waals surface area contributed by atoms with E-state index in [1.54, 1.807) is 0 Å². The molecule has 0 spiro atoms. The summed E-state index contributed by atoms with van der Waals surface area (Å²) in [5.74, 6) is 6.90. The first-order valence-corrected chi connectivity index (χ1v) is 4.46. The van der Waals surface area contributed by atoms with E-state index in [-0.39, 0.29) is 0 Å².